The molecule has 0 radical (unpaired) electrons. The number of phenolic OH excluding ortho intramolecular Hbond substituents is 1. The van der Waals surface area contributed by atoms with Gasteiger partial charge < -0.3 is 89.6 Å². The number of nitrogens with one attached hydrogen (secondary N) is 8. The summed E-state index contributed by atoms with van der Waals surface area (Å²) in [6.07, 6.45) is 10.6. The van der Waals surface area contributed by atoms with E-state index in [1.54, 1.807) is 77.6 Å². The monoisotopic (exact) mass is 1270 g/mol. The van der Waals surface area contributed by atoms with E-state index in [9.17, 15) is 49.2 Å². The molecule has 0 aliphatic rings. The van der Waals surface area contributed by atoms with E-state index in [-0.39, 0.29) is 118 Å². The molecule has 0 bridgehead atoms. The average Bonchev–Trinajstić information content (AvgIpc) is 1.78. The van der Waals surface area contributed by atoms with Gasteiger partial charge in [-0.05, 0) is 74.4 Å². The molecule has 29 nitrogen and oxygen atoms in total. The maximum atomic E-state index is 13.5. The zero-order valence-corrected chi connectivity index (χ0v) is 51.8. The highest BCUT2D eigenvalue weighted by Gasteiger charge is 2.24. The predicted octanol–water partition coefficient (Wildman–Crippen LogP) is 5.63. The summed E-state index contributed by atoms with van der Waals surface area (Å²) in [6.45, 7) is 1.81. The number of fused-ring (bicyclic) bond motifs is 1. The number of carbonyl (C=O) groups excluding carboxylic acids is 6. The lowest BCUT2D eigenvalue weighted by atomic mass is 10.1. The number of carbonyl (C=O) groups is 6. The van der Waals surface area contributed by atoms with Crippen molar-refractivity contribution in [2.45, 2.75) is 25.7 Å². The highest BCUT2D eigenvalue weighted by Crippen LogP contribution is 2.36. The molecule has 470 valence electrons. The van der Waals surface area contributed by atoms with Gasteiger partial charge in [0.15, 0.2) is 17.5 Å². The van der Waals surface area contributed by atoms with E-state index >= 15 is 0 Å². The third kappa shape index (κ3) is 15.2. The number of aryl methyl sites for hydroxylation is 6. The van der Waals surface area contributed by atoms with Crippen LogP contribution in [0.2, 0.25) is 5.02 Å². The number of aliphatic hydroxyl groups excluding tert-OH is 3. The number of hydrogen-bond acceptors (Lipinski definition) is 13. The van der Waals surface area contributed by atoms with Crippen molar-refractivity contribution in [2.24, 2.45) is 52.3 Å². The second-order valence-corrected chi connectivity index (χ2v) is 22.7. The second kappa shape index (κ2) is 27.5. The number of phenols is 1. The molecule has 0 saturated carbocycles. The summed E-state index contributed by atoms with van der Waals surface area (Å²) in [5.41, 5.74) is 3.36. The zero-order valence-electron chi connectivity index (χ0n) is 50.3. The number of imidazole rings is 2. The highest BCUT2D eigenvalue weighted by molar-refractivity contribution is 7.14. The molecule has 0 fully saturated rings. The summed E-state index contributed by atoms with van der Waals surface area (Å²) < 4.78 is 9.08. The number of amides is 6. The molecule has 8 aromatic heterocycles. The highest BCUT2D eigenvalue weighted by atomic mass is 35.5. The lowest BCUT2D eigenvalue weighted by Gasteiger charge is -2.05. The van der Waals surface area contributed by atoms with Crippen LogP contribution in [0.1, 0.15) is 94.3 Å². The minimum atomic E-state index is -0.629. The van der Waals surface area contributed by atoms with E-state index in [0.717, 1.165) is 13.0 Å². The van der Waals surface area contributed by atoms with Gasteiger partial charge in [0.25, 0.3) is 35.4 Å². The smallest absolute Gasteiger partial charge is 0.333 e. The molecule has 31 heteroatoms. The lowest BCUT2D eigenvalue weighted by Crippen LogP contribution is -2.73. The van der Waals surface area contributed by atoms with Crippen molar-refractivity contribution in [2.75, 3.05) is 61.5 Å². The maximum Gasteiger partial charge on any atom is 0.333 e. The summed E-state index contributed by atoms with van der Waals surface area (Å²) in [5, 5.41) is 61.8. The Morgan fingerprint density at radius 1 is 0.622 bits per heavy atom. The summed E-state index contributed by atoms with van der Waals surface area (Å²) in [7, 11) is 13.7. The summed E-state index contributed by atoms with van der Waals surface area (Å²) >= 11 is 7.66. The van der Waals surface area contributed by atoms with Crippen LogP contribution < -0.4 is 36.9 Å². The van der Waals surface area contributed by atoms with E-state index in [4.69, 9.17) is 11.6 Å². The fourth-order valence-corrected chi connectivity index (χ4v) is 10.7. The van der Waals surface area contributed by atoms with Crippen LogP contribution in [0, 0.1) is 0 Å². The minimum absolute atomic E-state index is 0.0327. The van der Waals surface area contributed by atoms with Crippen molar-refractivity contribution in [3.8, 4) is 16.5 Å². The number of anilines is 4. The number of benzene rings is 1. The van der Waals surface area contributed by atoms with Crippen molar-refractivity contribution in [1.29, 1.82) is 0 Å². The minimum Gasteiger partial charge on any atom is -0.505 e. The van der Waals surface area contributed by atoms with Crippen molar-refractivity contribution in [3.05, 3.63) is 136 Å². The van der Waals surface area contributed by atoms with Crippen LogP contribution >= 0.6 is 22.9 Å². The number of aliphatic hydroxyl groups is 3. The Bertz CT molecular complexity index is 4310. The fraction of sp³-hybridized carbons (Fsp3) is 0.271. The van der Waals surface area contributed by atoms with E-state index in [1.165, 1.54) is 89.2 Å². The fourth-order valence-electron chi connectivity index (χ4n) is 9.58. The molecular weight excluding hydrogens is 1200 g/mol. The van der Waals surface area contributed by atoms with E-state index in [1.807, 2.05) is 24.4 Å². The number of aromatic hydroxyl groups is 1. The van der Waals surface area contributed by atoms with Gasteiger partial charge in [-0.15, -0.1) is 11.3 Å². The van der Waals surface area contributed by atoms with Gasteiger partial charge in [0, 0.05) is 106 Å². The topological polar surface area (TPSA) is 369 Å². The number of H-pyrrole nitrogens is 1. The van der Waals surface area contributed by atoms with Crippen LogP contribution in [0.15, 0.2) is 101 Å². The van der Waals surface area contributed by atoms with Gasteiger partial charge in [0.2, 0.25) is 11.7 Å². The molecule has 12 N–H and O–H groups in total. The van der Waals surface area contributed by atoms with Gasteiger partial charge in [-0.2, -0.15) is 4.99 Å². The molecule has 0 spiro atoms. The summed E-state index contributed by atoms with van der Waals surface area (Å²) in [5.74, 6) is -3.56. The van der Waals surface area contributed by atoms with Gasteiger partial charge in [0.05, 0.1) is 62.0 Å². The number of hydrogen-bond donors (Lipinski definition) is 12. The quantitative estimate of drug-likeness (QED) is 0.0188. The van der Waals surface area contributed by atoms with Gasteiger partial charge in [-0.1, -0.05) is 11.6 Å². The Morgan fingerprint density at radius 2 is 1.14 bits per heavy atom. The van der Waals surface area contributed by atoms with Crippen LogP contribution in [0.25, 0.3) is 21.7 Å². The molecule has 90 heavy (non-hydrogen) atoms. The maximum absolute atomic E-state index is 13.5. The van der Waals surface area contributed by atoms with Crippen molar-refractivity contribution in [1.82, 2.24) is 57.9 Å². The Morgan fingerprint density at radius 3 is 1.69 bits per heavy atom. The third-order valence-electron chi connectivity index (χ3n) is 14.1. The molecule has 1 aromatic carbocycles. The predicted molar refractivity (Wildman–Crippen MR) is 342 cm³/mol. The summed E-state index contributed by atoms with van der Waals surface area (Å²) in [4.78, 5) is 106. The molecule has 6 amide bonds. The normalized spacial score (nSPS) is 12.0. The number of nitrogens with zero attached hydrogens (tertiary/aromatic N) is 11. The first-order chi connectivity index (χ1) is 42.9. The molecule has 0 aliphatic heterocycles. The van der Waals surface area contributed by atoms with Crippen molar-refractivity contribution >= 4 is 121 Å². The van der Waals surface area contributed by atoms with E-state index < -0.39 is 35.4 Å². The first kappa shape index (κ1) is 63.8. The van der Waals surface area contributed by atoms with Crippen LogP contribution in [0.4, 0.5) is 34.3 Å². The van der Waals surface area contributed by atoms with Crippen LogP contribution in [-0.2, 0) is 42.3 Å². The Labute approximate surface area is 523 Å². The van der Waals surface area contributed by atoms with Crippen LogP contribution in [0.3, 0.4) is 0 Å². The lowest BCUT2D eigenvalue weighted by molar-refractivity contribution is -0.468. The van der Waals surface area contributed by atoms with Crippen LogP contribution in [-0.4, -0.2) is 161 Å². The van der Waals surface area contributed by atoms with Crippen LogP contribution in [0.5, 0.6) is 5.75 Å². The van der Waals surface area contributed by atoms with E-state index in [0.29, 0.717) is 44.8 Å². The molecule has 0 atom stereocenters. The standard InChI is InChI=1S/C59H66ClN19O10S/c1-73(2)19-10-17-61-46(80)14-18-63-55(85)41-22-34(28-75(41)4)66-57(87)43-24-35(29-77(43)6)67-58(88)44-25-36(30-78(44)7)68-59(89)52-71-45(31-79(52)8)70-47(81)11-9-16-62-54(84)40-21-33(27-74(40)3)65-56(86)42-23-32(26-76(42)5)64-53(83)37-12-13-39-48(49(37)82)72-51(69-39)50-38(60)15-20-90-50/h12-13,15,20-31,82H,9-11,14,16-19H2,1-8H3,(H,61,80)(H,62,84)(H,63,85)(H,64,83)(H,65,86)(H,66,87)(H,67,88)(H,68,89)(H,69,72)(H,70,81)/p+1. The molecule has 9 rings (SSSR count). The largest absolute Gasteiger partial charge is 0.505 e. The molecule has 9 aromatic rings. The van der Waals surface area contributed by atoms with Gasteiger partial charge in [-0.3, -0.25) is 28.8 Å². The summed E-state index contributed by atoms with van der Waals surface area (Å²) in [6, 6.07) is 12.3. The van der Waals surface area contributed by atoms with Gasteiger partial charge in [0.1, 0.15) is 46.4 Å². The third-order valence-corrected chi connectivity index (χ3v) is 15.4. The number of aromatic nitrogens is 9. The Balaban J connectivity index is 0.713. The van der Waals surface area contributed by atoms with E-state index in [2.05, 4.69) is 61.8 Å². The molecule has 0 aliphatic carbocycles. The number of halogens is 1. The molecular formula is C59H67ClN19O10S+. The first-order valence-electron chi connectivity index (χ1n) is 28.0. The van der Waals surface area contributed by atoms with Gasteiger partial charge in [-0.25, -0.2) is 20.0 Å². The number of thiophene rings is 1. The number of aliphatic imine (C=N–C) groups is 2. The Kier molecular flexibility index (Phi) is 19.5. The Hall–Kier alpha value is -10.7. The molecule has 0 saturated heterocycles. The SMILES string of the molecule is CN(C)CCC[NH+]=C(O)CCNC(=O)c1cc(NC(=O)c2cc(NC(=O)c3cc(NC(=O)c4nc(N=C(O)CCCNC(=O)c5cc(NC(=O)c6cc(N=C(O)c7ccc8nc(-c9sccc9Cl)[nH]c8c7O)cn6C)cn5C)cn4C)cn3C)cn2C)cn1C. The second-order valence-electron chi connectivity index (χ2n) is 21.3. The number of rotatable bonds is 25. The average molecular weight is 1270 g/mol. The van der Waals surface area contributed by atoms with Crippen molar-refractivity contribution < 1.29 is 54.2 Å². The molecule has 0 unspecified atom stereocenters. The van der Waals surface area contributed by atoms with Crippen molar-refractivity contribution in [3.63, 3.8) is 0 Å². The first-order valence-corrected chi connectivity index (χ1v) is 29.2. The zero-order chi connectivity index (χ0) is 64.7. The molecule has 8 heterocycles. The number of aromatic amines is 1. The van der Waals surface area contributed by atoms with Gasteiger partial charge >= 0.3 is 5.90 Å².